The minimum atomic E-state index is -0.00487. The summed E-state index contributed by atoms with van der Waals surface area (Å²) in [5.41, 5.74) is 1.02. The molecule has 0 aliphatic heterocycles. The highest BCUT2D eigenvalue weighted by Crippen LogP contribution is 2.09. The Hall–Kier alpha value is -1.10. The van der Waals surface area contributed by atoms with Crippen molar-refractivity contribution in [2.75, 3.05) is 26.2 Å². The highest BCUT2D eigenvalue weighted by Gasteiger charge is 2.08. The lowest BCUT2D eigenvalue weighted by atomic mass is 10.2. The topological polar surface area (TPSA) is 52.6 Å². The second-order valence-electron chi connectivity index (χ2n) is 4.35. The Labute approximate surface area is 119 Å². The number of benzene rings is 1. The first-order valence-electron chi connectivity index (χ1n) is 6.50. The number of nitrogens with one attached hydrogen (secondary N) is 1. The second kappa shape index (κ2) is 8.91. The third kappa shape index (κ3) is 6.57. The average Bonchev–Trinajstić information content (AvgIpc) is 2.42. The van der Waals surface area contributed by atoms with E-state index in [2.05, 4.69) is 5.32 Å². The van der Waals surface area contributed by atoms with E-state index >= 15 is 0 Å². The van der Waals surface area contributed by atoms with Crippen molar-refractivity contribution in [3.63, 3.8) is 0 Å². The molecule has 0 heterocycles. The molecular formula is C14H21ClN2O2. The molecule has 0 aliphatic rings. The number of likely N-dealkylation sites (N-methyl/N-ethyl adjacent to an activating group) is 1. The normalized spacial score (nSPS) is 10.7. The SMILES string of the molecule is CCN(CCCO)CC(=O)NCc1ccc(Cl)cc1. The number of rotatable bonds is 8. The van der Waals surface area contributed by atoms with E-state index in [9.17, 15) is 4.79 Å². The maximum Gasteiger partial charge on any atom is 0.234 e. The van der Waals surface area contributed by atoms with Crippen LogP contribution in [0.1, 0.15) is 18.9 Å². The zero-order valence-electron chi connectivity index (χ0n) is 11.2. The van der Waals surface area contributed by atoms with Crippen LogP contribution >= 0.6 is 11.6 Å². The van der Waals surface area contributed by atoms with Crippen LogP contribution in [0.3, 0.4) is 0 Å². The molecule has 0 aliphatic carbocycles. The summed E-state index contributed by atoms with van der Waals surface area (Å²) in [6, 6.07) is 7.41. The van der Waals surface area contributed by atoms with Gasteiger partial charge in [0.2, 0.25) is 5.91 Å². The molecule has 0 radical (unpaired) electrons. The molecular weight excluding hydrogens is 264 g/mol. The molecule has 0 atom stereocenters. The van der Waals surface area contributed by atoms with Crippen LogP contribution in [-0.2, 0) is 11.3 Å². The summed E-state index contributed by atoms with van der Waals surface area (Å²) in [4.78, 5) is 13.8. The van der Waals surface area contributed by atoms with Gasteiger partial charge in [0.1, 0.15) is 0 Å². The molecule has 19 heavy (non-hydrogen) atoms. The van der Waals surface area contributed by atoms with Crippen molar-refractivity contribution in [1.82, 2.24) is 10.2 Å². The first kappa shape index (κ1) is 16.0. The van der Waals surface area contributed by atoms with E-state index < -0.39 is 0 Å². The van der Waals surface area contributed by atoms with Gasteiger partial charge >= 0.3 is 0 Å². The zero-order valence-corrected chi connectivity index (χ0v) is 12.0. The third-order valence-electron chi connectivity index (χ3n) is 2.85. The summed E-state index contributed by atoms with van der Waals surface area (Å²) in [5, 5.41) is 12.3. The van der Waals surface area contributed by atoms with E-state index in [0.29, 0.717) is 24.5 Å². The lowest BCUT2D eigenvalue weighted by Gasteiger charge is -2.19. The van der Waals surface area contributed by atoms with Crippen molar-refractivity contribution in [2.45, 2.75) is 19.9 Å². The third-order valence-corrected chi connectivity index (χ3v) is 3.10. The lowest BCUT2D eigenvalue weighted by Crippen LogP contribution is -2.37. The number of carbonyl (C=O) groups is 1. The van der Waals surface area contributed by atoms with Gasteiger partial charge in [0, 0.05) is 24.7 Å². The molecule has 4 nitrogen and oxygen atoms in total. The Morgan fingerprint density at radius 1 is 1.37 bits per heavy atom. The van der Waals surface area contributed by atoms with E-state index in [-0.39, 0.29) is 12.5 Å². The maximum absolute atomic E-state index is 11.8. The lowest BCUT2D eigenvalue weighted by molar-refractivity contribution is -0.122. The minimum Gasteiger partial charge on any atom is -0.396 e. The van der Waals surface area contributed by atoms with Crippen molar-refractivity contribution < 1.29 is 9.90 Å². The highest BCUT2D eigenvalue weighted by molar-refractivity contribution is 6.30. The maximum atomic E-state index is 11.8. The first-order chi connectivity index (χ1) is 9.15. The summed E-state index contributed by atoms with van der Waals surface area (Å²) in [6.45, 7) is 4.57. The van der Waals surface area contributed by atoms with Gasteiger partial charge in [-0.15, -0.1) is 0 Å². The van der Waals surface area contributed by atoms with Crippen LogP contribution in [-0.4, -0.2) is 42.2 Å². The molecule has 1 aromatic rings. The van der Waals surface area contributed by atoms with Crippen molar-refractivity contribution in [1.29, 1.82) is 0 Å². The molecule has 1 amide bonds. The molecule has 1 rings (SSSR count). The van der Waals surface area contributed by atoms with Crippen LogP contribution < -0.4 is 5.32 Å². The number of amides is 1. The van der Waals surface area contributed by atoms with Crippen LogP contribution in [0.5, 0.6) is 0 Å². The van der Waals surface area contributed by atoms with Gasteiger partial charge in [-0.1, -0.05) is 30.7 Å². The van der Waals surface area contributed by atoms with E-state index in [4.69, 9.17) is 16.7 Å². The number of carbonyl (C=O) groups excluding carboxylic acids is 1. The van der Waals surface area contributed by atoms with E-state index in [1.54, 1.807) is 0 Å². The Morgan fingerprint density at radius 2 is 2.05 bits per heavy atom. The number of halogens is 1. The summed E-state index contributed by atoms with van der Waals surface area (Å²) < 4.78 is 0. The first-order valence-corrected chi connectivity index (χ1v) is 6.88. The molecule has 0 bridgehead atoms. The van der Waals surface area contributed by atoms with Gasteiger partial charge in [-0.2, -0.15) is 0 Å². The van der Waals surface area contributed by atoms with Crippen molar-refractivity contribution >= 4 is 17.5 Å². The summed E-state index contributed by atoms with van der Waals surface area (Å²) in [6.07, 6.45) is 0.693. The smallest absolute Gasteiger partial charge is 0.234 e. The van der Waals surface area contributed by atoms with E-state index in [0.717, 1.165) is 18.7 Å². The van der Waals surface area contributed by atoms with Gasteiger partial charge in [-0.3, -0.25) is 9.69 Å². The fraction of sp³-hybridized carbons (Fsp3) is 0.500. The molecule has 0 aromatic heterocycles. The molecule has 5 heteroatoms. The number of aliphatic hydroxyl groups excluding tert-OH is 1. The predicted octanol–water partition coefficient (Wildman–Crippen LogP) is 1.66. The van der Waals surface area contributed by atoms with Gasteiger partial charge in [-0.05, 0) is 30.7 Å². The Balaban J connectivity index is 2.32. The van der Waals surface area contributed by atoms with Crippen LogP contribution in [0, 0.1) is 0 Å². The molecule has 1 aromatic carbocycles. The van der Waals surface area contributed by atoms with Gasteiger partial charge in [-0.25, -0.2) is 0 Å². The quantitative estimate of drug-likeness (QED) is 0.763. The number of hydrogen-bond acceptors (Lipinski definition) is 3. The monoisotopic (exact) mass is 284 g/mol. The zero-order chi connectivity index (χ0) is 14.1. The van der Waals surface area contributed by atoms with E-state index in [1.807, 2.05) is 36.1 Å². The largest absolute Gasteiger partial charge is 0.396 e. The number of nitrogens with zero attached hydrogens (tertiary/aromatic N) is 1. The van der Waals surface area contributed by atoms with Crippen molar-refractivity contribution in [3.05, 3.63) is 34.9 Å². The Morgan fingerprint density at radius 3 is 2.63 bits per heavy atom. The fourth-order valence-corrected chi connectivity index (χ4v) is 1.83. The number of hydrogen-bond donors (Lipinski definition) is 2. The molecule has 106 valence electrons. The molecule has 0 saturated carbocycles. The predicted molar refractivity (Wildman–Crippen MR) is 77.1 cm³/mol. The van der Waals surface area contributed by atoms with Crippen LogP contribution in [0.15, 0.2) is 24.3 Å². The Bertz CT molecular complexity index is 382. The van der Waals surface area contributed by atoms with Gasteiger partial charge in [0.25, 0.3) is 0 Å². The summed E-state index contributed by atoms with van der Waals surface area (Å²) in [5.74, 6) is -0.00487. The van der Waals surface area contributed by atoms with E-state index in [1.165, 1.54) is 0 Å². The van der Waals surface area contributed by atoms with Gasteiger partial charge in [0.05, 0.1) is 6.54 Å². The molecule has 0 spiro atoms. The van der Waals surface area contributed by atoms with Crippen molar-refractivity contribution in [3.8, 4) is 0 Å². The Kier molecular flexibility index (Phi) is 7.48. The fourth-order valence-electron chi connectivity index (χ4n) is 1.71. The molecule has 0 fully saturated rings. The molecule has 0 unspecified atom stereocenters. The molecule has 2 N–H and O–H groups in total. The van der Waals surface area contributed by atoms with Crippen LogP contribution in [0.4, 0.5) is 0 Å². The minimum absolute atomic E-state index is 0.00487. The second-order valence-corrected chi connectivity index (χ2v) is 4.79. The summed E-state index contributed by atoms with van der Waals surface area (Å²) in [7, 11) is 0. The van der Waals surface area contributed by atoms with Crippen molar-refractivity contribution in [2.24, 2.45) is 0 Å². The standard InChI is InChI=1S/C14H21ClN2O2/c1-2-17(8-3-9-18)11-14(19)16-10-12-4-6-13(15)7-5-12/h4-7,18H,2-3,8-11H2,1H3,(H,16,19). The number of aliphatic hydroxyl groups is 1. The average molecular weight is 285 g/mol. The van der Waals surface area contributed by atoms with Gasteiger partial charge in [0.15, 0.2) is 0 Å². The summed E-state index contributed by atoms with van der Waals surface area (Å²) >= 11 is 5.80. The molecule has 0 saturated heterocycles. The van der Waals surface area contributed by atoms with Crippen LogP contribution in [0.2, 0.25) is 5.02 Å². The highest BCUT2D eigenvalue weighted by atomic mass is 35.5. The van der Waals surface area contributed by atoms with Gasteiger partial charge < -0.3 is 10.4 Å². The van der Waals surface area contributed by atoms with Crippen LogP contribution in [0.25, 0.3) is 0 Å².